The van der Waals surface area contributed by atoms with Crippen molar-refractivity contribution in [3.8, 4) is 6.07 Å². The van der Waals surface area contributed by atoms with Crippen molar-refractivity contribution in [2.45, 2.75) is 82.4 Å². The number of hydrogen-bond acceptors (Lipinski definition) is 16. The summed E-state index contributed by atoms with van der Waals surface area (Å²) in [7, 11) is 3.50. The van der Waals surface area contributed by atoms with Gasteiger partial charge in [0.2, 0.25) is 5.91 Å². The number of amides is 1. The van der Waals surface area contributed by atoms with Gasteiger partial charge in [0.1, 0.15) is 31.0 Å². The standard InChI is InChI=1S/C16H31NO9.C9H12N3O3.C2H3N.BHO.K/c18-10-13-16(22)12(20)9-15(26-13)25-5-2-1-3-14(21)17-4-6-23-7-8-24-11-19;10-7-3-4-12(9(14)11-7)8-2-1-6(5-13)15-8;1-2-3;1-2;/h12-13,15-16,18-20,22H,1-11H2,(H,17,21);3-4,6,8H,1-2,5H2,(H2,10,11,14);1H3;2H;/q;-1;;;+1. The number of nitriles is 1. The average Bonchev–Trinajstić information content (AvgIpc) is 3.53. The molecule has 2 aliphatic heterocycles. The summed E-state index contributed by atoms with van der Waals surface area (Å²) in [4.78, 5) is 26.7. The van der Waals surface area contributed by atoms with Gasteiger partial charge in [-0.25, -0.2) is 4.79 Å². The van der Waals surface area contributed by atoms with E-state index in [0.717, 1.165) is 0 Å². The molecule has 2 fully saturated rings. The predicted octanol–water partition coefficient (Wildman–Crippen LogP) is -6.44. The number of unbranched alkanes of at least 4 members (excludes halogenated alkanes) is 1. The van der Waals surface area contributed by atoms with Crippen LogP contribution in [-0.4, -0.2) is 133 Å². The Balaban J connectivity index is 0. The van der Waals surface area contributed by atoms with Crippen LogP contribution in [0, 0.1) is 11.3 Å². The molecule has 2 saturated heterocycles. The number of nitrogens with one attached hydrogen (secondary N) is 1. The molecule has 0 aromatic carbocycles. The Labute approximate surface area is 318 Å². The van der Waals surface area contributed by atoms with E-state index in [9.17, 15) is 24.9 Å². The monoisotopic (exact) mass is 699 g/mol. The van der Waals surface area contributed by atoms with Gasteiger partial charge in [0.05, 0.1) is 38.6 Å². The van der Waals surface area contributed by atoms with Gasteiger partial charge in [-0.15, -0.1) is 6.61 Å². The smallest absolute Gasteiger partial charge is 0.853 e. The zero-order valence-electron chi connectivity index (χ0n) is 27.0. The number of anilines is 1. The van der Waals surface area contributed by atoms with Crippen molar-refractivity contribution in [2.24, 2.45) is 0 Å². The van der Waals surface area contributed by atoms with Crippen LogP contribution in [0.25, 0.3) is 0 Å². The first kappa shape index (κ1) is 48.0. The minimum absolute atomic E-state index is 0. The number of nitrogens with zero attached hydrogens (tertiary/aromatic N) is 3. The number of aromatic nitrogens is 2. The fourth-order valence-corrected chi connectivity index (χ4v) is 4.07. The largest absolute Gasteiger partial charge is 1.00 e. The van der Waals surface area contributed by atoms with E-state index in [4.69, 9.17) is 45.2 Å². The zero-order valence-corrected chi connectivity index (χ0v) is 30.1. The molecule has 3 rings (SSSR count). The van der Waals surface area contributed by atoms with Crippen LogP contribution in [0.4, 0.5) is 5.82 Å². The van der Waals surface area contributed by atoms with E-state index in [1.807, 2.05) is 0 Å². The Morgan fingerprint density at radius 3 is 2.47 bits per heavy atom. The molecule has 6 unspecified atom stereocenters. The van der Waals surface area contributed by atoms with Gasteiger partial charge >= 0.3 is 57.1 Å². The summed E-state index contributed by atoms with van der Waals surface area (Å²) in [6, 6.07) is 3.29. The molecule has 2 radical (unpaired) electrons. The van der Waals surface area contributed by atoms with Crippen molar-refractivity contribution in [1.82, 2.24) is 14.9 Å². The van der Waals surface area contributed by atoms with Crippen LogP contribution in [0.5, 0.6) is 0 Å². The fraction of sp³-hybridized carbons (Fsp3) is 0.778. The van der Waals surface area contributed by atoms with Gasteiger partial charge < -0.3 is 65.3 Å². The molecule has 262 valence electrons. The third-order valence-corrected chi connectivity index (χ3v) is 6.28. The number of nitrogens with two attached hydrogens (primary N) is 1. The van der Waals surface area contributed by atoms with Crippen molar-refractivity contribution in [2.75, 3.05) is 58.7 Å². The van der Waals surface area contributed by atoms with Gasteiger partial charge in [-0.05, 0) is 31.7 Å². The Hall–Kier alpha value is -1.10. The Bertz CT molecular complexity index is 1030. The summed E-state index contributed by atoms with van der Waals surface area (Å²) in [5, 5.41) is 63.9. The van der Waals surface area contributed by atoms with Gasteiger partial charge in [0.15, 0.2) is 6.29 Å². The van der Waals surface area contributed by atoms with E-state index in [-0.39, 0.29) is 95.3 Å². The van der Waals surface area contributed by atoms with Crippen LogP contribution in [0.15, 0.2) is 17.1 Å². The predicted molar refractivity (Wildman–Crippen MR) is 159 cm³/mol. The fourth-order valence-electron chi connectivity index (χ4n) is 4.07. The second-order valence-corrected chi connectivity index (χ2v) is 9.63. The normalized spacial score (nSPS) is 22.9. The summed E-state index contributed by atoms with van der Waals surface area (Å²) in [6.45, 7) is 2.25. The summed E-state index contributed by atoms with van der Waals surface area (Å²) < 4.78 is 27.5. The first-order valence-corrected chi connectivity index (χ1v) is 14.6. The second-order valence-electron chi connectivity index (χ2n) is 9.63. The molecule has 6 atom stereocenters. The molecular formula is C27H47BKN5O13. The number of nitrogen functional groups attached to an aromatic ring is 1. The summed E-state index contributed by atoms with van der Waals surface area (Å²) in [5.74, 6) is 0.114. The van der Waals surface area contributed by atoms with Crippen molar-refractivity contribution in [1.29, 1.82) is 5.26 Å². The maximum Gasteiger partial charge on any atom is 1.00 e. The van der Waals surface area contributed by atoms with E-state index < -0.39 is 36.9 Å². The van der Waals surface area contributed by atoms with E-state index in [1.54, 1.807) is 12.3 Å². The number of aliphatic hydroxyl groups excluding tert-OH is 4. The van der Waals surface area contributed by atoms with Crippen molar-refractivity contribution < 1.29 is 110 Å². The molecule has 0 bridgehead atoms. The first-order chi connectivity index (χ1) is 22.2. The number of carbonyl (C=O) groups is 1. The molecule has 2 aliphatic rings. The molecule has 1 amide bonds. The van der Waals surface area contributed by atoms with Gasteiger partial charge in [0, 0.05) is 45.2 Å². The van der Waals surface area contributed by atoms with Crippen LogP contribution in [-0.2, 0) is 28.5 Å². The van der Waals surface area contributed by atoms with Crippen LogP contribution in [0.1, 0.15) is 51.7 Å². The number of carbonyl (C=O) groups excluding carboxylic acids is 1. The molecule has 3 heterocycles. The minimum atomic E-state index is -1.12. The average molecular weight is 700 g/mol. The van der Waals surface area contributed by atoms with E-state index in [0.29, 0.717) is 65.1 Å². The molecule has 1 aromatic heterocycles. The van der Waals surface area contributed by atoms with E-state index in [1.165, 1.54) is 17.6 Å². The Kier molecular flexibility index (Phi) is 31.6. The molecule has 47 heavy (non-hydrogen) atoms. The van der Waals surface area contributed by atoms with Gasteiger partial charge in [0.25, 0.3) is 8.05 Å². The SMILES string of the molecule is CC#N.Nc1ccn(C2CCC(C[O-])O2)c(=O)n1.O=C(CCCCOC1CC(O)C(O)C(CO)O1)NCCOCCOCO.[B]O.[K+]. The van der Waals surface area contributed by atoms with Crippen LogP contribution in [0.3, 0.4) is 0 Å². The molecular weight excluding hydrogens is 652 g/mol. The van der Waals surface area contributed by atoms with E-state index in [2.05, 4.69) is 23.1 Å². The zero-order chi connectivity index (χ0) is 34.7. The summed E-state index contributed by atoms with van der Waals surface area (Å²) in [5.41, 5.74) is 4.93. The topological polar surface area (TPSA) is 284 Å². The van der Waals surface area contributed by atoms with E-state index >= 15 is 0 Å². The van der Waals surface area contributed by atoms with Gasteiger partial charge in [-0.1, -0.05) is 0 Å². The van der Waals surface area contributed by atoms with Crippen molar-refractivity contribution in [3.63, 3.8) is 0 Å². The second kappa shape index (κ2) is 30.9. The third kappa shape index (κ3) is 21.6. The maximum absolute atomic E-state index is 11.6. The van der Waals surface area contributed by atoms with Crippen LogP contribution >= 0.6 is 0 Å². The summed E-state index contributed by atoms with van der Waals surface area (Å²) >= 11 is 0. The third-order valence-electron chi connectivity index (χ3n) is 6.28. The van der Waals surface area contributed by atoms with Crippen LogP contribution in [0.2, 0.25) is 0 Å². The maximum atomic E-state index is 11.6. The minimum Gasteiger partial charge on any atom is -0.853 e. The molecule has 0 aliphatic carbocycles. The number of rotatable bonds is 16. The van der Waals surface area contributed by atoms with Crippen molar-refractivity contribution >= 4 is 19.8 Å². The molecule has 0 spiro atoms. The molecule has 0 saturated carbocycles. The molecule has 18 nitrogen and oxygen atoms in total. The van der Waals surface area contributed by atoms with Gasteiger partial charge in [-0.2, -0.15) is 10.2 Å². The first-order valence-electron chi connectivity index (χ1n) is 14.6. The van der Waals surface area contributed by atoms with Crippen LogP contribution < -0.4 is 73.2 Å². The Morgan fingerprint density at radius 1 is 1.19 bits per heavy atom. The number of ether oxygens (including phenoxy) is 5. The summed E-state index contributed by atoms with van der Waals surface area (Å²) in [6.07, 6.45) is 0.380. The Morgan fingerprint density at radius 2 is 1.87 bits per heavy atom. The molecule has 8 N–H and O–H groups in total. The van der Waals surface area contributed by atoms with Crippen molar-refractivity contribution in [3.05, 3.63) is 22.7 Å². The molecule has 1 aromatic rings. The number of hydrogen-bond donors (Lipinski definition) is 7. The van der Waals surface area contributed by atoms with Gasteiger partial charge in [-0.3, -0.25) is 9.36 Å². The molecule has 20 heteroatoms. The quantitative estimate of drug-likeness (QED) is 0.0480. The number of aliphatic hydroxyl groups is 4.